The fraction of sp³-hybridized carbons (Fsp3) is 0.0769. The van der Waals surface area contributed by atoms with Crippen molar-refractivity contribution in [3.05, 3.63) is 54.1 Å². The molecule has 0 atom stereocenters. The highest BCUT2D eigenvalue weighted by atomic mass is 19.1. The normalized spacial score (nSPS) is 10.1. The van der Waals surface area contributed by atoms with E-state index in [-0.39, 0.29) is 11.7 Å². The van der Waals surface area contributed by atoms with Crippen LogP contribution in [0.25, 0.3) is 0 Å². The summed E-state index contributed by atoms with van der Waals surface area (Å²) in [6.45, 7) is 0. The Morgan fingerprint density at radius 1 is 1.22 bits per heavy atom. The van der Waals surface area contributed by atoms with Crippen LogP contribution in [0.5, 0.6) is 5.75 Å². The van der Waals surface area contributed by atoms with Gasteiger partial charge in [-0.15, -0.1) is 0 Å². The number of hydrogen-bond donors (Lipinski definition) is 1. The number of pyridine rings is 1. The third-order valence-electron chi connectivity index (χ3n) is 2.52. The maximum Gasteiger partial charge on any atom is 0.259 e. The van der Waals surface area contributed by atoms with Crippen molar-refractivity contribution in [2.24, 2.45) is 0 Å². The molecule has 0 aliphatic heterocycles. The summed E-state index contributed by atoms with van der Waals surface area (Å²) in [6.07, 6.45) is 1.19. The lowest BCUT2D eigenvalue weighted by atomic mass is 10.2. The minimum absolute atomic E-state index is 0.128. The Hall–Kier alpha value is -2.43. The van der Waals surface area contributed by atoms with E-state index in [1.807, 2.05) is 0 Å². The molecule has 0 saturated heterocycles. The quantitative estimate of drug-likeness (QED) is 0.826. The van der Waals surface area contributed by atoms with Crippen molar-refractivity contribution in [3.63, 3.8) is 0 Å². The number of nitrogens with zero attached hydrogens (tertiary/aromatic N) is 2. The van der Waals surface area contributed by atoms with Gasteiger partial charge in [0.15, 0.2) is 0 Å². The van der Waals surface area contributed by atoms with E-state index in [9.17, 15) is 9.18 Å². The van der Waals surface area contributed by atoms with Crippen LogP contribution in [0.3, 0.4) is 0 Å². The summed E-state index contributed by atoms with van der Waals surface area (Å²) in [5, 5.41) is 9.17. The molecule has 2 rings (SSSR count). The fourth-order valence-corrected chi connectivity index (χ4v) is 1.49. The highest BCUT2D eigenvalue weighted by Gasteiger charge is 2.13. The van der Waals surface area contributed by atoms with Gasteiger partial charge in [-0.05, 0) is 36.4 Å². The van der Waals surface area contributed by atoms with E-state index in [1.165, 1.54) is 29.3 Å². The summed E-state index contributed by atoms with van der Waals surface area (Å²) in [5.41, 5.74) is 0.925. The number of halogens is 1. The zero-order valence-electron chi connectivity index (χ0n) is 9.67. The number of aromatic hydroxyl groups is 1. The number of anilines is 1. The molecule has 0 aliphatic carbocycles. The second kappa shape index (κ2) is 4.83. The predicted octanol–water partition coefficient (Wildman–Crippen LogP) is 2.20. The Labute approximate surface area is 103 Å². The zero-order chi connectivity index (χ0) is 13.1. The fourth-order valence-electron chi connectivity index (χ4n) is 1.49. The van der Waals surface area contributed by atoms with Gasteiger partial charge in [0, 0.05) is 18.9 Å². The first-order valence-electron chi connectivity index (χ1n) is 5.26. The van der Waals surface area contributed by atoms with E-state index in [0.29, 0.717) is 11.3 Å². The number of carbonyl (C=O) groups is 1. The molecule has 0 aliphatic rings. The van der Waals surface area contributed by atoms with Gasteiger partial charge >= 0.3 is 0 Å². The number of benzene rings is 1. The highest BCUT2D eigenvalue weighted by molar-refractivity contribution is 6.05. The van der Waals surface area contributed by atoms with Gasteiger partial charge in [-0.3, -0.25) is 4.79 Å². The smallest absolute Gasteiger partial charge is 0.259 e. The summed E-state index contributed by atoms with van der Waals surface area (Å²) >= 11 is 0. The first-order valence-corrected chi connectivity index (χ1v) is 5.26. The van der Waals surface area contributed by atoms with Crippen LogP contribution in [-0.2, 0) is 0 Å². The molecule has 1 aromatic heterocycles. The summed E-state index contributed by atoms with van der Waals surface area (Å²) in [4.78, 5) is 16.9. The summed E-state index contributed by atoms with van der Waals surface area (Å²) in [5.74, 6) is -0.796. The molecule has 92 valence electrons. The van der Waals surface area contributed by atoms with Gasteiger partial charge in [0.25, 0.3) is 5.91 Å². The molecule has 1 N–H and O–H groups in total. The van der Waals surface area contributed by atoms with Crippen LogP contribution in [0.4, 0.5) is 10.1 Å². The van der Waals surface area contributed by atoms with Crippen LogP contribution in [-0.4, -0.2) is 23.0 Å². The average Bonchev–Trinajstić information content (AvgIpc) is 2.39. The number of amides is 1. The maximum atomic E-state index is 12.7. The molecule has 1 heterocycles. The lowest BCUT2D eigenvalue weighted by Gasteiger charge is -2.17. The first kappa shape index (κ1) is 12.0. The van der Waals surface area contributed by atoms with Gasteiger partial charge in [0.1, 0.15) is 5.75 Å². The van der Waals surface area contributed by atoms with Crippen LogP contribution in [0, 0.1) is 5.95 Å². The van der Waals surface area contributed by atoms with Gasteiger partial charge in [-0.1, -0.05) is 0 Å². The van der Waals surface area contributed by atoms with E-state index in [0.717, 1.165) is 6.07 Å². The lowest BCUT2D eigenvalue weighted by molar-refractivity contribution is 0.0992. The lowest BCUT2D eigenvalue weighted by Crippen LogP contribution is -2.26. The van der Waals surface area contributed by atoms with E-state index < -0.39 is 5.95 Å². The Morgan fingerprint density at radius 3 is 2.44 bits per heavy atom. The number of hydrogen-bond acceptors (Lipinski definition) is 3. The molecule has 0 bridgehead atoms. The van der Waals surface area contributed by atoms with Crippen LogP contribution in [0.2, 0.25) is 0 Å². The van der Waals surface area contributed by atoms with Crippen LogP contribution in [0.15, 0.2) is 42.6 Å². The maximum absolute atomic E-state index is 12.7. The van der Waals surface area contributed by atoms with Crippen molar-refractivity contribution in [1.29, 1.82) is 0 Å². The molecule has 1 aromatic carbocycles. The minimum Gasteiger partial charge on any atom is -0.508 e. The predicted molar refractivity (Wildman–Crippen MR) is 65.0 cm³/mol. The van der Waals surface area contributed by atoms with Gasteiger partial charge in [-0.25, -0.2) is 4.98 Å². The molecule has 4 nitrogen and oxygen atoms in total. The molecule has 0 spiro atoms. The standard InChI is InChI=1S/C13H11FN2O2/c1-16(10-3-5-11(17)6-4-10)13(18)9-2-7-12(14)15-8-9/h2-8,17H,1H3. The minimum atomic E-state index is -0.626. The second-order valence-corrected chi connectivity index (χ2v) is 3.75. The number of phenolic OH excluding ortho intramolecular Hbond substituents is 1. The number of carbonyl (C=O) groups excluding carboxylic acids is 1. The van der Waals surface area contributed by atoms with Gasteiger partial charge < -0.3 is 10.0 Å². The van der Waals surface area contributed by atoms with Crippen molar-refractivity contribution < 1.29 is 14.3 Å². The molecule has 2 aromatic rings. The highest BCUT2D eigenvalue weighted by Crippen LogP contribution is 2.18. The summed E-state index contributed by atoms with van der Waals surface area (Å²) in [6, 6.07) is 8.72. The van der Waals surface area contributed by atoms with Crippen LogP contribution in [0.1, 0.15) is 10.4 Å². The second-order valence-electron chi connectivity index (χ2n) is 3.75. The number of phenols is 1. The zero-order valence-corrected chi connectivity index (χ0v) is 9.67. The van der Waals surface area contributed by atoms with Crippen LogP contribution >= 0.6 is 0 Å². The third kappa shape index (κ3) is 2.45. The van der Waals surface area contributed by atoms with E-state index >= 15 is 0 Å². The van der Waals surface area contributed by atoms with E-state index in [4.69, 9.17) is 5.11 Å². The van der Waals surface area contributed by atoms with Crippen molar-refractivity contribution in [3.8, 4) is 5.75 Å². The van der Waals surface area contributed by atoms with Crippen molar-refractivity contribution in [2.75, 3.05) is 11.9 Å². The first-order chi connectivity index (χ1) is 8.58. The molecular formula is C13H11FN2O2. The number of rotatable bonds is 2. The average molecular weight is 246 g/mol. The van der Waals surface area contributed by atoms with Gasteiger partial charge in [0.2, 0.25) is 5.95 Å². The molecular weight excluding hydrogens is 235 g/mol. The van der Waals surface area contributed by atoms with Gasteiger partial charge in [-0.2, -0.15) is 4.39 Å². The Bertz CT molecular complexity index is 552. The van der Waals surface area contributed by atoms with Crippen LogP contribution < -0.4 is 4.90 Å². The van der Waals surface area contributed by atoms with E-state index in [2.05, 4.69) is 4.98 Å². The van der Waals surface area contributed by atoms with E-state index in [1.54, 1.807) is 19.2 Å². The monoisotopic (exact) mass is 246 g/mol. The van der Waals surface area contributed by atoms with Gasteiger partial charge in [0.05, 0.1) is 5.56 Å². The molecule has 1 amide bonds. The molecule has 0 radical (unpaired) electrons. The Morgan fingerprint density at radius 2 is 1.89 bits per heavy atom. The third-order valence-corrected chi connectivity index (χ3v) is 2.52. The SMILES string of the molecule is CN(C(=O)c1ccc(F)nc1)c1ccc(O)cc1. The molecule has 0 fully saturated rings. The Balaban J connectivity index is 2.23. The molecule has 0 unspecified atom stereocenters. The summed E-state index contributed by atoms with van der Waals surface area (Å²) < 4.78 is 12.7. The molecule has 5 heteroatoms. The summed E-state index contributed by atoms with van der Waals surface area (Å²) in [7, 11) is 1.60. The number of aromatic nitrogens is 1. The topological polar surface area (TPSA) is 53.4 Å². The Kier molecular flexibility index (Phi) is 3.23. The molecule has 0 saturated carbocycles. The van der Waals surface area contributed by atoms with Crippen molar-refractivity contribution in [1.82, 2.24) is 4.98 Å². The van der Waals surface area contributed by atoms with Crippen molar-refractivity contribution >= 4 is 11.6 Å². The molecule has 18 heavy (non-hydrogen) atoms. The largest absolute Gasteiger partial charge is 0.508 e. The van der Waals surface area contributed by atoms with Crippen molar-refractivity contribution in [2.45, 2.75) is 0 Å².